The Morgan fingerprint density at radius 2 is 1.63 bits per heavy atom. The lowest BCUT2D eigenvalue weighted by Gasteiger charge is -2.01. The van der Waals surface area contributed by atoms with Crippen molar-refractivity contribution in [3.8, 4) is 5.75 Å². The quantitative estimate of drug-likeness (QED) is 0.511. The van der Waals surface area contributed by atoms with Gasteiger partial charge in [-0.05, 0) is 48.0 Å². The zero-order valence-electron chi connectivity index (χ0n) is 10.0. The SMILES string of the molecule is Nc1ccc(C=C(Cl)C(=O)c2ccc(O)cc2)cc1. The third kappa shape index (κ3) is 3.36. The summed E-state index contributed by atoms with van der Waals surface area (Å²) < 4.78 is 0. The van der Waals surface area contributed by atoms with E-state index in [0.29, 0.717) is 11.3 Å². The molecule has 2 rings (SSSR count). The Bertz CT molecular complexity index is 616. The van der Waals surface area contributed by atoms with Crippen LogP contribution in [-0.2, 0) is 0 Å². The summed E-state index contributed by atoms with van der Waals surface area (Å²) in [5.41, 5.74) is 7.45. The maximum atomic E-state index is 12.0. The van der Waals surface area contributed by atoms with Gasteiger partial charge in [0.15, 0.2) is 0 Å². The van der Waals surface area contributed by atoms with Crippen molar-refractivity contribution < 1.29 is 9.90 Å². The summed E-state index contributed by atoms with van der Waals surface area (Å²) in [4.78, 5) is 12.0. The summed E-state index contributed by atoms with van der Waals surface area (Å²) >= 11 is 6.00. The average Bonchev–Trinajstić information content (AvgIpc) is 2.41. The van der Waals surface area contributed by atoms with Crippen LogP contribution in [0.25, 0.3) is 6.08 Å². The molecule has 0 aliphatic heterocycles. The van der Waals surface area contributed by atoms with Crippen LogP contribution in [0.5, 0.6) is 5.75 Å². The van der Waals surface area contributed by atoms with E-state index >= 15 is 0 Å². The number of phenols is 1. The minimum atomic E-state index is -0.293. The summed E-state index contributed by atoms with van der Waals surface area (Å²) in [5.74, 6) is -0.186. The minimum Gasteiger partial charge on any atom is -0.508 e. The molecular formula is C15H12ClNO2. The lowest BCUT2D eigenvalue weighted by Crippen LogP contribution is -1.98. The van der Waals surface area contributed by atoms with Crippen LogP contribution in [0, 0.1) is 0 Å². The number of nitrogen functional groups attached to an aromatic ring is 1. The zero-order chi connectivity index (χ0) is 13.8. The van der Waals surface area contributed by atoms with Crippen LogP contribution in [0.15, 0.2) is 53.6 Å². The number of rotatable bonds is 3. The van der Waals surface area contributed by atoms with E-state index in [1.54, 1.807) is 30.3 Å². The fourth-order valence-electron chi connectivity index (χ4n) is 1.55. The van der Waals surface area contributed by atoms with Crippen LogP contribution in [0.2, 0.25) is 0 Å². The normalized spacial score (nSPS) is 11.3. The number of benzene rings is 2. The number of ketones is 1. The standard InChI is InChI=1S/C15H12ClNO2/c16-14(9-10-1-5-12(17)6-2-10)15(19)11-3-7-13(18)8-4-11/h1-9,18H,17H2. The first kappa shape index (κ1) is 13.2. The first-order valence-electron chi connectivity index (χ1n) is 5.63. The number of anilines is 1. The maximum Gasteiger partial charge on any atom is 0.204 e. The zero-order valence-corrected chi connectivity index (χ0v) is 10.8. The largest absolute Gasteiger partial charge is 0.508 e. The molecule has 19 heavy (non-hydrogen) atoms. The van der Waals surface area contributed by atoms with Crippen LogP contribution in [-0.4, -0.2) is 10.9 Å². The number of aromatic hydroxyl groups is 1. The Hall–Kier alpha value is -2.26. The second-order valence-corrected chi connectivity index (χ2v) is 4.44. The molecule has 0 radical (unpaired) electrons. The highest BCUT2D eigenvalue weighted by atomic mass is 35.5. The van der Waals surface area contributed by atoms with Crippen LogP contribution in [0.3, 0.4) is 0 Å². The molecule has 0 amide bonds. The molecule has 3 nitrogen and oxygen atoms in total. The van der Waals surface area contributed by atoms with Gasteiger partial charge in [-0.2, -0.15) is 0 Å². The van der Waals surface area contributed by atoms with Crippen molar-refractivity contribution in [1.29, 1.82) is 0 Å². The second kappa shape index (κ2) is 5.59. The Balaban J connectivity index is 2.23. The topological polar surface area (TPSA) is 63.3 Å². The number of halogens is 1. The Morgan fingerprint density at radius 3 is 2.21 bits per heavy atom. The van der Waals surface area contributed by atoms with Crippen molar-refractivity contribution >= 4 is 29.1 Å². The summed E-state index contributed by atoms with van der Waals surface area (Å²) in [6, 6.07) is 13.0. The molecule has 0 aliphatic rings. The molecule has 4 heteroatoms. The number of phenolic OH excluding ortho intramolecular Hbond substituents is 1. The van der Waals surface area contributed by atoms with E-state index in [-0.39, 0.29) is 16.6 Å². The van der Waals surface area contributed by atoms with E-state index in [9.17, 15) is 4.79 Å². The van der Waals surface area contributed by atoms with Gasteiger partial charge in [-0.3, -0.25) is 4.79 Å². The predicted octanol–water partition coefficient (Wildman–Crippen LogP) is 3.44. The Morgan fingerprint density at radius 1 is 1.05 bits per heavy atom. The van der Waals surface area contributed by atoms with E-state index in [1.807, 2.05) is 0 Å². The Labute approximate surface area is 115 Å². The molecule has 0 unspecified atom stereocenters. The van der Waals surface area contributed by atoms with Gasteiger partial charge < -0.3 is 10.8 Å². The molecule has 96 valence electrons. The van der Waals surface area contributed by atoms with Gasteiger partial charge in [0.1, 0.15) is 5.75 Å². The van der Waals surface area contributed by atoms with Gasteiger partial charge in [0.05, 0.1) is 5.03 Å². The molecule has 0 saturated heterocycles. The van der Waals surface area contributed by atoms with Crippen molar-refractivity contribution in [3.63, 3.8) is 0 Å². The van der Waals surface area contributed by atoms with Crippen molar-refractivity contribution in [2.24, 2.45) is 0 Å². The van der Waals surface area contributed by atoms with Crippen molar-refractivity contribution in [3.05, 3.63) is 64.7 Å². The molecule has 0 bridgehead atoms. The number of allylic oxidation sites excluding steroid dienone is 1. The average molecular weight is 274 g/mol. The molecule has 2 aromatic rings. The summed E-state index contributed by atoms with van der Waals surface area (Å²) in [5, 5.41) is 9.27. The van der Waals surface area contributed by atoms with Crippen molar-refractivity contribution in [1.82, 2.24) is 0 Å². The van der Waals surface area contributed by atoms with E-state index in [4.69, 9.17) is 22.4 Å². The lowest BCUT2D eigenvalue weighted by molar-refractivity contribution is 0.104. The Kier molecular flexibility index (Phi) is 3.88. The number of nitrogens with two attached hydrogens (primary N) is 1. The molecular weight excluding hydrogens is 262 g/mol. The summed E-state index contributed by atoms with van der Waals surface area (Å²) in [6.07, 6.45) is 1.58. The first-order chi connectivity index (χ1) is 9.06. The van der Waals surface area contributed by atoms with Gasteiger partial charge in [-0.1, -0.05) is 23.7 Å². The number of hydrogen-bond donors (Lipinski definition) is 2. The van der Waals surface area contributed by atoms with E-state index in [0.717, 1.165) is 5.56 Å². The van der Waals surface area contributed by atoms with Gasteiger partial charge in [0.25, 0.3) is 0 Å². The van der Waals surface area contributed by atoms with Crippen LogP contribution in [0.1, 0.15) is 15.9 Å². The third-order valence-corrected chi connectivity index (χ3v) is 2.86. The smallest absolute Gasteiger partial charge is 0.204 e. The highest BCUT2D eigenvalue weighted by Crippen LogP contribution is 2.18. The van der Waals surface area contributed by atoms with Gasteiger partial charge >= 0.3 is 0 Å². The highest BCUT2D eigenvalue weighted by molar-refractivity contribution is 6.47. The van der Waals surface area contributed by atoms with Crippen LogP contribution in [0.4, 0.5) is 5.69 Å². The lowest BCUT2D eigenvalue weighted by atomic mass is 10.1. The first-order valence-corrected chi connectivity index (χ1v) is 6.00. The number of carbonyl (C=O) groups excluding carboxylic acids is 1. The third-order valence-electron chi connectivity index (χ3n) is 2.58. The second-order valence-electron chi connectivity index (χ2n) is 4.03. The van der Waals surface area contributed by atoms with Gasteiger partial charge in [0, 0.05) is 11.3 Å². The van der Waals surface area contributed by atoms with Crippen LogP contribution < -0.4 is 5.73 Å². The molecule has 0 atom stereocenters. The molecule has 3 N–H and O–H groups in total. The minimum absolute atomic E-state index is 0.107. The fourth-order valence-corrected chi connectivity index (χ4v) is 1.79. The maximum absolute atomic E-state index is 12.0. The van der Waals surface area contributed by atoms with E-state index in [2.05, 4.69) is 0 Å². The summed E-state index contributed by atoms with van der Waals surface area (Å²) in [7, 11) is 0. The predicted molar refractivity (Wildman–Crippen MR) is 77.1 cm³/mol. The highest BCUT2D eigenvalue weighted by Gasteiger charge is 2.09. The van der Waals surface area contributed by atoms with E-state index < -0.39 is 0 Å². The van der Waals surface area contributed by atoms with Crippen LogP contribution >= 0.6 is 11.6 Å². The monoisotopic (exact) mass is 273 g/mol. The molecule has 0 aromatic heterocycles. The van der Waals surface area contributed by atoms with Crippen molar-refractivity contribution in [2.45, 2.75) is 0 Å². The molecule has 0 spiro atoms. The summed E-state index contributed by atoms with van der Waals surface area (Å²) in [6.45, 7) is 0. The molecule has 0 heterocycles. The molecule has 0 fully saturated rings. The number of hydrogen-bond acceptors (Lipinski definition) is 3. The molecule has 2 aromatic carbocycles. The number of Topliss-reactive ketones (excluding diaryl/α,β-unsaturated/α-hetero) is 1. The van der Waals surface area contributed by atoms with Gasteiger partial charge in [-0.25, -0.2) is 0 Å². The van der Waals surface area contributed by atoms with E-state index in [1.165, 1.54) is 24.3 Å². The molecule has 0 aliphatic carbocycles. The molecule has 0 saturated carbocycles. The van der Waals surface area contributed by atoms with Crippen molar-refractivity contribution in [2.75, 3.05) is 5.73 Å². The number of carbonyl (C=O) groups is 1. The van der Waals surface area contributed by atoms with Gasteiger partial charge in [-0.15, -0.1) is 0 Å². The fraction of sp³-hybridized carbons (Fsp3) is 0. The van der Waals surface area contributed by atoms with Gasteiger partial charge in [0.2, 0.25) is 5.78 Å².